The summed E-state index contributed by atoms with van der Waals surface area (Å²) in [5.41, 5.74) is 1.93. The average molecular weight is 384 g/mol. The van der Waals surface area contributed by atoms with Crippen LogP contribution in [0.25, 0.3) is 27.1 Å². The molecule has 3 aromatic heterocycles. The zero-order valence-electron chi connectivity index (χ0n) is 15.2. The summed E-state index contributed by atoms with van der Waals surface area (Å²) in [6.07, 6.45) is 7.01. The number of hydrogen-bond acceptors (Lipinski definition) is 5. The van der Waals surface area contributed by atoms with Crippen molar-refractivity contribution in [3.8, 4) is 11.3 Å². The Hall–Kier alpha value is -2.77. The van der Waals surface area contributed by atoms with Crippen molar-refractivity contribution in [1.82, 2.24) is 29.0 Å². The SMILES string of the molecule is [C-]#[N+]CC1(n2cc(-c3ncnc4[nH]ccc34)cn2)CN([S@](=O)(CC)=NC)C1. The van der Waals surface area contributed by atoms with E-state index in [9.17, 15) is 4.21 Å². The van der Waals surface area contributed by atoms with Crippen LogP contribution in [0.1, 0.15) is 6.92 Å². The van der Waals surface area contributed by atoms with E-state index in [0.29, 0.717) is 18.8 Å². The van der Waals surface area contributed by atoms with Gasteiger partial charge in [0.15, 0.2) is 5.54 Å². The fourth-order valence-electron chi connectivity index (χ4n) is 3.51. The minimum Gasteiger partial charge on any atom is -0.346 e. The average Bonchev–Trinajstić information content (AvgIpc) is 3.33. The lowest BCUT2D eigenvalue weighted by molar-refractivity contribution is 0.0867. The number of nitrogens with zero attached hydrogens (tertiary/aromatic N) is 7. The number of H-pyrrole nitrogens is 1. The summed E-state index contributed by atoms with van der Waals surface area (Å²) >= 11 is 0. The van der Waals surface area contributed by atoms with Gasteiger partial charge in [-0.25, -0.2) is 29.4 Å². The van der Waals surface area contributed by atoms with Crippen LogP contribution in [0.4, 0.5) is 0 Å². The first-order valence-corrected chi connectivity index (χ1v) is 10.2. The first kappa shape index (κ1) is 17.6. The molecule has 1 aliphatic heterocycles. The molecule has 4 rings (SSSR count). The molecule has 3 aromatic rings. The molecule has 4 heterocycles. The smallest absolute Gasteiger partial charge is 0.242 e. The van der Waals surface area contributed by atoms with Gasteiger partial charge in [-0.05, 0) is 6.07 Å². The van der Waals surface area contributed by atoms with Crippen LogP contribution in [0.2, 0.25) is 0 Å². The third kappa shape index (κ3) is 2.70. The van der Waals surface area contributed by atoms with Gasteiger partial charge in [0.05, 0.1) is 11.9 Å². The van der Waals surface area contributed by atoms with E-state index in [0.717, 1.165) is 22.3 Å². The van der Waals surface area contributed by atoms with E-state index in [4.69, 9.17) is 6.57 Å². The Balaban J connectivity index is 1.68. The maximum absolute atomic E-state index is 12.8. The van der Waals surface area contributed by atoms with Gasteiger partial charge in [0, 0.05) is 49.2 Å². The third-order valence-corrected chi connectivity index (χ3v) is 7.46. The van der Waals surface area contributed by atoms with Crippen molar-refractivity contribution in [3.05, 3.63) is 42.4 Å². The molecular formula is C17H20N8OS. The predicted octanol–water partition coefficient (Wildman–Crippen LogP) is 1.78. The summed E-state index contributed by atoms with van der Waals surface area (Å²) < 4.78 is 20.6. The molecule has 0 unspecified atom stereocenters. The number of aromatic amines is 1. The Morgan fingerprint density at radius 1 is 1.44 bits per heavy atom. The third-order valence-electron chi connectivity index (χ3n) is 5.08. The molecule has 0 bridgehead atoms. The maximum atomic E-state index is 12.8. The molecule has 9 nitrogen and oxygen atoms in total. The highest BCUT2D eigenvalue weighted by atomic mass is 32.2. The van der Waals surface area contributed by atoms with Crippen molar-refractivity contribution in [2.75, 3.05) is 32.4 Å². The Labute approximate surface area is 157 Å². The number of fused-ring (bicyclic) bond motifs is 1. The van der Waals surface area contributed by atoms with Crippen molar-refractivity contribution in [3.63, 3.8) is 0 Å². The predicted molar refractivity (Wildman–Crippen MR) is 103 cm³/mol. The zero-order chi connectivity index (χ0) is 19.1. The number of rotatable bonds is 5. The molecule has 1 aliphatic rings. The molecule has 0 aliphatic carbocycles. The van der Waals surface area contributed by atoms with E-state index < -0.39 is 15.5 Å². The van der Waals surface area contributed by atoms with E-state index in [1.807, 2.05) is 34.4 Å². The molecule has 10 heteroatoms. The van der Waals surface area contributed by atoms with Gasteiger partial charge in [-0.1, -0.05) is 6.92 Å². The first-order chi connectivity index (χ1) is 13.0. The normalized spacial score (nSPS) is 18.6. The molecule has 0 aromatic carbocycles. The van der Waals surface area contributed by atoms with Crippen LogP contribution in [-0.4, -0.2) is 65.7 Å². The highest BCUT2D eigenvalue weighted by Crippen LogP contribution is 2.34. The Kier molecular flexibility index (Phi) is 4.20. The highest BCUT2D eigenvalue weighted by Gasteiger charge is 2.51. The molecule has 1 atom stereocenters. The fourth-order valence-corrected chi connectivity index (χ4v) is 5.25. The van der Waals surface area contributed by atoms with Gasteiger partial charge in [-0.3, -0.25) is 4.68 Å². The molecule has 0 radical (unpaired) electrons. The monoisotopic (exact) mass is 384 g/mol. The lowest BCUT2D eigenvalue weighted by Crippen LogP contribution is -2.65. The largest absolute Gasteiger partial charge is 0.346 e. The van der Waals surface area contributed by atoms with E-state index in [-0.39, 0.29) is 6.54 Å². The van der Waals surface area contributed by atoms with Crippen LogP contribution in [0, 0.1) is 6.57 Å². The summed E-state index contributed by atoms with van der Waals surface area (Å²) in [6, 6.07) is 1.93. The second-order valence-corrected chi connectivity index (χ2v) is 9.22. The minimum absolute atomic E-state index is 0.275. The standard InChI is InChI=1S/C17H20N8OS/c1-4-27(26,19-3)24-10-17(11-24,9-18-2)25-8-13(7-23-25)15-14-5-6-20-16(14)22-12-21-15/h5-8,12H,4,9-11H2,1,3H3,(H,20,21,22)/t27-/m0/s1. The molecule has 1 saturated heterocycles. The van der Waals surface area contributed by atoms with Crippen molar-refractivity contribution in [1.29, 1.82) is 0 Å². The summed E-state index contributed by atoms with van der Waals surface area (Å²) in [7, 11) is -0.794. The van der Waals surface area contributed by atoms with Crippen molar-refractivity contribution < 1.29 is 4.21 Å². The Morgan fingerprint density at radius 3 is 2.96 bits per heavy atom. The molecular weight excluding hydrogens is 364 g/mol. The topological polar surface area (TPSA) is 96.4 Å². The van der Waals surface area contributed by atoms with Gasteiger partial charge in [0.2, 0.25) is 6.54 Å². The molecule has 1 fully saturated rings. The van der Waals surface area contributed by atoms with E-state index in [1.54, 1.807) is 13.2 Å². The van der Waals surface area contributed by atoms with Crippen LogP contribution in [0.3, 0.4) is 0 Å². The summed E-state index contributed by atoms with van der Waals surface area (Å²) in [5, 5.41) is 5.44. The van der Waals surface area contributed by atoms with Gasteiger partial charge in [-0.2, -0.15) is 5.10 Å². The van der Waals surface area contributed by atoms with Gasteiger partial charge < -0.3 is 9.83 Å². The van der Waals surface area contributed by atoms with E-state index in [2.05, 4.69) is 29.3 Å². The number of nitrogens with one attached hydrogen (secondary N) is 1. The van der Waals surface area contributed by atoms with Crippen LogP contribution >= 0.6 is 0 Å². The van der Waals surface area contributed by atoms with Crippen molar-refractivity contribution in [2.24, 2.45) is 4.36 Å². The Morgan fingerprint density at radius 2 is 2.26 bits per heavy atom. The van der Waals surface area contributed by atoms with Crippen LogP contribution in [0.15, 0.2) is 35.3 Å². The van der Waals surface area contributed by atoms with Gasteiger partial charge >= 0.3 is 0 Å². The number of hydrogen-bond donors (Lipinski definition) is 1. The van der Waals surface area contributed by atoms with Gasteiger partial charge in [-0.15, -0.1) is 0 Å². The van der Waals surface area contributed by atoms with Crippen LogP contribution in [0.5, 0.6) is 0 Å². The maximum Gasteiger partial charge on any atom is 0.242 e. The molecule has 27 heavy (non-hydrogen) atoms. The summed E-state index contributed by atoms with van der Waals surface area (Å²) in [5.74, 6) is 0.467. The van der Waals surface area contributed by atoms with Crippen molar-refractivity contribution in [2.45, 2.75) is 12.5 Å². The minimum atomic E-state index is -2.38. The molecule has 0 amide bonds. The first-order valence-electron chi connectivity index (χ1n) is 8.60. The fraction of sp³-hybridized carbons (Fsp3) is 0.412. The van der Waals surface area contributed by atoms with Crippen LogP contribution < -0.4 is 0 Å². The lowest BCUT2D eigenvalue weighted by Gasteiger charge is -2.47. The number of aromatic nitrogens is 5. The lowest BCUT2D eigenvalue weighted by atomic mass is 9.92. The molecule has 1 N–H and O–H groups in total. The van der Waals surface area contributed by atoms with Gasteiger partial charge in [0.25, 0.3) is 0 Å². The quantitative estimate of drug-likeness (QED) is 0.678. The Bertz CT molecular complexity index is 1140. The van der Waals surface area contributed by atoms with Crippen LogP contribution in [-0.2, 0) is 15.5 Å². The molecule has 0 spiro atoms. The van der Waals surface area contributed by atoms with E-state index >= 15 is 0 Å². The van der Waals surface area contributed by atoms with Gasteiger partial charge in [0.1, 0.15) is 21.9 Å². The molecule has 0 saturated carbocycles. The second kappa shape index (κ2) is 6.44. The zero-order valence-corrected chi connectivity index (χ0v) is 16.0. The summed E-state index contributed by atoms with van der Waals surface area (Å²) in [6.45, 7) is 10.5. The van der Waals surface area contributed by atoms with Crippen molar-refractivity contribution >= 4 is 20.9 Å². The van der Waals surface area contributed by atoms with E-state index in [1.165, 1.54) is 6.33 Å². The molecule has 140 valence electrons. The highest BCUT2D eigenvalue weighted by molar-refractivity contribution is 7.91. The summed E-state index contributed by atoms with van der Waals surface area (Å²) in [4.78, 5) is 15.3. The second-order valence-electron chi connectivity index (χ2n) is 6.55.